The summed E-state index contributed by atoms with van der Waals surface area (Å²) < 4.78 is 26.6. The molecule has 0 atom stereocenters. The second kappa shape index (κ2) is 7.82. The van der Waals surface area contributed by atoms with Gasteiger partial charge < -0.3 is 0 Å². The van der Waals surface area contributed by atoms with Crippen LogP contribution < -0.4 is 0 Å². The van der Waals surface area contributed by atoms with Crippen LogP contribution in [0.2, 0.25) is 5.02 Å². The van der Waals surface area contributed by atoms with E-state index < -0.39 is 10.0 Å². The van der Waals surface area contributed by atoms with Crippen molar-refractivity contribution in [1.82, 2.24) is 8.96 Å². The van der Waals surface area contributed by atoms with Crippen molar-refractivity contribution in [2.45, 2.75) is 18.5 Å². The summed E-state index contributed by atoms with van der Waals surface area (Å²) in [5.41, 5.74) is 1.65. The second-order valence-electron chi connectivity index (χ2n) is 5.68. The molecule has 0 amide bonds. The highest BCUT2D eigenvalue weighted by Crippen LogP contribution is 2.27. The predicted octanol–water partition coefficient (Wildman–Crippen LogP) is 4.25. The summed E-state index contributed by atoms with van der Waals surface area (Å²) in [5, 5.41) is 0.864. The molecule has 0 saturated carbocycles. The molecule has 0 aliphatic rings. The maximum Gasteiger partial charge on any atom is 0.241 e. The van der Waals surface area contributed by atoms with E-state index in [4.69, 9.17) is 11.6 Å². The number of hydrogen-bond acceptors (Lipinski definition) is 5. The fourth-order valence-electron chi connectivity index (χ4n) is 2.54. The normalized spacial score (nSPS) is 11.8. The summed E-state index contributed by atoms with van der Waals surface area (Å²) in [7, 11) is -3.54. The lowest BCUT2D eigenvalue weighted by Crippen LogP contribution is -2.17. The maximum atomic E-state index is 12.7. The van der Waals surface area contributed by atoms with Crippen LogP contribution >= 0.6 is 23.4 Å². The van der Waals surface area contributed by atoms with Crippen LogP contribution in [-0.2, 0) is 10.0 Å². The van der Waals surface area contributed by atoms with Gasteiger partial charge >= 0.3 is 0 Å². The lowest BCUT2D eigenvalue weighted by molar-refractivity contribution is 0.102. The highest BCUT2D eigenvalue weighted by atomic mass is 35.5. The summed E-state index contributed by atoms with van der Waals surface area (Å²) in [4.78, 5) is 16.8. The molecule has 0 unspecified atom stereocenters. The molecule has 0 aliphatic heterocycles. The smallest absolute Gasteiger partial charge is 0.241 e. The number of para-hydroxylation sites is 2. The lowest BCUT2D eigenvalue weighted by Gasteiger charge is -2.09. The van der Waals surface area contributed by atoms with Gasteiger partial charge in [-0.25, -0.2) is 17.4 Å². The summed E-state index contributed by atoms with van der Waals surface area (Å²) in [6.45, 7) is 1.81. The standard InChI is InChI=1S/C18H17ClN2O3S2/c1-2-11-26(23,24)21-16-6-4-3-5-15(16)20-18(21)25-12-17(22)13-7-9-14(19)10-8-13/h3-10H,2,11-12H2,1H3. The number of fused-ring (bicyclic) bond motifs is 1. The second-order valence-corrected chi connectivity index (χ2v) is 9.00. The molecule has 26 heavy (non-hydrogen) atoms. The zero-order chi connectivity index (χ0) is 18.7. The molecular formula is C18H17ClN2O3S2. The summed E-state index contributed by atoms with van der Waals surface area (Å²) in [6, 6.07) is 13.7. The number of rotatable bonds is 7. The molecule has 3 rings (SSSR count). The van der Waals surface area contributed by atoms with Crippen LogP contribution in [-0.4, -0.2) is 34.7 Å². The first kappa shape index (κ1) is 18.9. The molecule has 0 fully saturated rings. The Balaban J connectivity index is 1.92. The quantitative estimate of drug-likeness (QED) is 0.431. The van der Waals surface area contributed by atoms with Crippen molar-refractivity contribution in [1.29, 1.82) is 0 Å². The number of aromatic nitrogens is 2. The number of ketones is 1. The molecule has 0 N–H and O–H groups in total. The Bertz CT molecular complexity index is 1040. The minimum absolute atomic E-state index is 0.0199. The third-order valence-electron chi connectivity index (χ3n) is 3.73. The van der Waals surface area contributed by atoms with Gasteiger partial charge in [-0.2, -0.15) is 0 Å². The number of nitrogens with zero attached hydrogens (tertiary/aromatic N) is 2. The van der Waals surface area contributed by atoms with Crippen LogP contribution in [0.1, 0.15) is 23.7 Å². The Morgan fingerprint density at radius 2 is 1.85 bits per heavy atom. The van der Waals surface area contributed by atoms with Crippen molar-refractivity contribution in [3.8, 4) is 0 Å². The van der Waals surface area contributed by atoms with Crippen molar-refractivity contribution in [2.75, 3.05) is 11.5 Å². The van der Waals surface area contributed by atoms with E-state index in [1.165, 1.54) is 3.97 Å². The average molecular weight is 409 g/mol. The molecule has 1 aromatic heterocycles. The Kier molecular flexibility index (Phi) is 5.70. The summed E-state index contributed by atoms with van der Waals surface area (Å²) in [5.74, 6) is -0.00305. The lowest BCUT2D eigenvalue weighted by atomic mass is 10.1. The molecule has 0 radical (unpaired) electrons. The van der Waals surface area contributed by atoms with Crippen LogP contribution in [0.5, 0.6) is 0 Å². The van der Waals surface area contributed by atoms with Gasteiger partial charge in [0.2, 0.25) is 10.0 Å². The zero-order valence-electron chi connectivity index (χ0n) is 14.1. The Morgan fingerprint density at radius 1 is 1.15 bits per heavy atom. The van der Waals surface area contributed by atoms with Crippen LogP contribution in [0, 0.1) is 0 Å². The molecule has 0 bridgehead atoms. The van der Waals surface area contributed by atoms with E-state index in [2.05, 4.69) is 4.98 Å². The van der Waals surface area contributed by atoms with Gasteiger partial charge in [-0.1, -0.05) is 42.4 Å². The van der Waals surface area contributed by atoms with Crippen LogP contribution in [0.4, 0.5) is 0 Å². The van der Waals surface area contributed by atoms with Crippen molar-refractivity contribution in [3.05, 3.63) is 59.1 Å². The van der Waals surface area contributed by atoms with Gasteiger partial charge in [0.1, 0.15) is 0 Å². The van der Waals surface area contributed by atoms with Gasteiger partial charge in [0.15, 0.2) is 10.9 Å². The fourth-order valence-corrected chi connectivity index (χ4v) is 5.40. The van der Waals surface area contributed by atoms with E-state index >= 15 is 0 Å². The SMILES string of the molecule is CCCS(=O)(=O)n1c(SCC(=O)c2ccc(Cl)cc2)nc2ccccc21. The Morgan fingerprint density at radius 3 is 2.54 bits per heavy atom. The molecule has 5 nitrogen and oxygen atoms in total. The zero-order valence-corrected chi connectivity index (χ0v) is 16.4. The van der Waals surface area contributed by atoms with E-state index in [0.717, 1.165) is 11.8 Å². The van der Waals surface area contributed by atoms with Gasteiger partial charge in [0.05, 0.1) is 22.5 Å². The molecule has 0 spiro atoms. The van der Waals surface area contributed by atoms with Crippen LogP contribution in [0.3, 0.4) is 0 Å². The molecule has 0 aliphatic carbocycles. The van der Waals surface area contributed by atoms with Gasteiger partial charge in [0.25, 0.3) is 0 Å². The van der Waals surface area contributed by atoms with E-state index in [0.29, 0.717) is 33.2 Å². The number of benzene rings is 2. The predicted molar refractivity (Wildman–Crippen MR) is 106 cm³/mol. The monoisotopic (exact) mass is 408 g/mol. The highest BCUT2D eigenvalue weighted by Gasteiger charge is 2.22. The molecule has 2 aromatic carbocycles. The van der Waals surface area contributed by atoms with Crippen molar-refractivity contribution < 1.29 is 13.2 Å². The van der Waals surface area contributed by atoms with Crippen LogP contribution in [0.25, 0.3) is 11.0 Å². The largest absolute Gasteiger partial charge is 0.293 e. The Labute approximate surface area is 161 Å². The number of Topliss-reactive ketones (excluding diaryl/α,β-unsaturated/α-hetero) is 1. The molecule has 8 heteroatoms. The number of carbonyl (C=O) groups excluding carboxylic acids is 1. The average Bonchev–Trinajstić information content (AvgIpc) is 2.99. The number of hydrogen-bond donors (Lipinski definition) is 0. The molecule has 1 heterocycles. The minimum Gasteiger partial charge on any atom is -0.293 e. The number of imidazole rings is 1. The van der Waals surface area contributed by atoms with Gasteiger partial charge in [0, 0.05) is 10.6 Å². The van der Waals surface area contributed by atoms with E-state index in [1.54, 1.807) is 48.5 Å². The van der Waals surface area contributed by atoms with Gasteiger partial charge in [-0.3, -0.25) is 4.79 Å². The first-order valence-electron chi connectivity index (χ1n) is 8.04. The third kappa shape index (κ3) is 3.95. The topological polar surface area (TPSA) is 69.0 Å². The van der Waals surface area contributed by atoms with Crippen molar-refractivity contribution in [3.63, 3.8) is 0 Å². The minimum atomic E-state index is -3.54. The third-order valence-corrected chi connectivity index (χ3v) is 6.89. The highest BCUT2D eigenvalue weighted by molar-refractivity contribution is 8.00. The van der Waals surface area contributed by atoms with Gasteiger partial charge in [-0.05, 0) is 42.8 Å². The first-order chi connectivity index (χ1) is 12.4. The van der Waals surface area contributed by atoms with Crippen LogP contribution in [0.15, 0.2) is 53.7 Å². The molecule has 136 valence electrons. The van der Waals surface area contributed by atoms with E-state index in [9.17, 15) is 13.2 Å². The number of thioether (sulfide) groups is 1. The Hall–Kier alpha value is -1.83. The van der Waals surface area contributed by atoms with Gasteiger partial charge in [-0.15, -0.1) is 0 Å². The van der Waals surface area contributed by atoms with E-state index in [-0.39, 0.29) is 17.3 Å². The van der Waals surface area contributed by atoms with Crippen molar-refractivity contribution >= 4 is 50.2 Å². The summed E-state index contributed by atoms with van der Waals surface area (Å²) in [6.07, 6.45) is 0.503. The van der Waals surface area contributed by atoms with E-state index in [1.807, 2.05) is 6.92 Å². The summed E-state index contributed by atoms with van der Waals surface area (Å²) >= 11 is 6.96. The fraction of sp³-hybridized carbons (Fsp3) is 0.222. The first-order valence-corrected chi connectivity index (χ1v) is 11.0. The number of halogens is 1. The maximum absolute atomic E-state index is 12.7. The van der Waals surface area contributed by atoms with Crippen molar-refractivity contribution in [2.24, 2.45) is 0 Å². The molecule has 0 saturated heterocycles. The molecule has 3 aromatic rings. The molecular weight excluding hydrogens is 392 g/mol. The number of carbonyl (C=O) groups is 1.